The highest BCUT2D eigenvalue weighted by molar-refractivity contribution is 6.30. The fraction of sp³-hybridized carbons (Fsp3) is 0.348. The summed E-state index contributed by atoms with van der Waals surface area (Å²) in [5.41, 5.74) is 2.97. The second-order valence-electron chi connectivity index (χ2n) is 7.60. The summed E-state index contributed by atoms with van der Waals surface area (Å²) in [7, 11) is 0. The fourth-order valence-electron chi connectivity index (χ4n) is 3.99. The molecule has 0 saturated carbocycles. The van der Waals surface area contributed by atoms with Gasteiger partial charge in [-0.25, -0.2) is 4.39 Å². The number of anilines is 1. The van der Waals surface area contributed by atoms with E-state index in [0.29, 0.717) is 6.54 Å². The monoisotopic (exact) mass is 413 g/mol. The van der Waals surface area contributed by atoms with Gasteiger partial charge in [-0.3, -0.25) is 9.69 Å². The van der Waals surface area contributed by atoms with Crippen LogP contribution in [-0.4, -0.2) is 55.0 Å². The Bertz CT molecular complexity index is 909. The zero-order valence-electron chi connectivity index (χ0n) is 16.4. The Balaban J connectivity index is 1.30. The standard InChI is InChI=1S/C23H25ClFN3O/c24-20-4-2-6-22(16-20)27-11-13-28(14-12-27)23(29)19-7-9-26(10-8-19)17-18-3-1-5-21(25)15-18/h1-7,15-16H,8-14,17H2. The zero-order valence-corrected chi connectivity index (χ0v) is 17.1. The van der Waals surface area contributed by atoms with Gasteiger partial charge in [0.1, 0.15) is 5.82 Å². The largest absolute Gasteiger partial charge is 0.368 e. The van der Waals surface area contributed by atoms with Crippen molar-refractivity contribution in [2.45, 2.75) is 13.0 Å². The van der Waals surface area contributed by atoms with Gasteiger partial charge in [0.05, 0.1) is 0 Å². The van der Waals surface area contributed by atoms with E-state index in [0.717, 1.165) is 67.5 Å². The molecule has 1 amide bonds. The predicted octanol–water partition coefficient (Wildman–Crippen LogP) is 3.96. The lowest BCUT2D eigenvalue weighted by Crippen LogP contribution is -2.49. The number of carbonyl (C=O) groups is 1. The Labute approximate surface area is 176 Å². The number of nitrogens with zero attached hydrogens (tertiary/aromatic N) is 3. The lowest BCUT2D eigenvalue weighted by molar-refractivity contribution is -0.127. The summed E-state index contributed by atoms with van der Waals surface area (Å²) in [5.74, 6) is -0.0519. The Morgan fingerprint density at radius 1 is 1.00 bits per heavy atom. The molecular weight excluding hydrogens is 389 g/mol. The minimum absolute atomic E-state index is 0.154. The zero-order chi connectivity index (χ0) is 20.2. The van der Waals surface area contributed by atoms with Crippen LogP contribution in [0.5, 0.6) is 0 Å². The van der Waals surface area contributed by atoms with Crippen molar-refractivity contribution in [3.8, 4) is 0 Å². The third-order valence-electron chi connectivity index (χ3n) is 5.60. The molecule has 2 heterocycles. The Morgan fingerprint density at radius 3 is 2.48 bits per heavy atom. The average molecular weight is 414 g/mol. The average Bonchev–Trinajstić information content (AvgIpc) is 2.74. The molecule has 0 unspecified atom stereocenters. The molecule has 1 fully saturated rings. The maximum absolute atomic E-state index is 13.4. The van der Waals surface area contributed by atoms with Crippen LogP contribution < -0.4 is 4.90 Å². The van der Waals surface area contributed by atoms with E-state index in [1.54, 1.807) is 12.1 Å². The normalized spacial score (nSPS) is 17.9. The van der Waals surface area contributed by atoms with Crippen LogP contribution in [0.1, 0.15) is 12.0 Å². The van der Waals surface area contributed by atoms with Crippen molar-refractivity contribution < 1.29 is 9.18 Å². The first-order valence-corrected chi connectivity index (χ1v) is 10.4. The van der Waals surface area contributed by atoms with Gasteiger partial charge in [0, 0.05) is 62.1 Å². The quantitative estimate of drug-likeness (QED) is 0.759. The highest BCUT2D eigenvalue weighted by atomic mass is 35.5. The number of hydrogen-bond donors (Lipinski definition) is 0. The highest BCUT2D eigenvalue weighted by Gasteiger charge is 2.25. The van der Waals surface area contributed by atoms with Crippen LogP contribution >= 0.6 is 11.6 Å². The van der Waals surface area contributed by atoms with Crippen LogP contribution in [0.3, 0.4) is 0 Å². The van der Waals surface area contributed by atoms with Crippen LogP contribution in [0.25, 0.3) is 0 Å². The molecule has 0 aliphatic carbocycles. The number of rotatable bonds is 4. The molecule has 0 aromatic heterocycles. The summed E-state index contributed by atoms with van der Waals surface area (Å²) in [4.78, 5) is 19.4. The van der Waals surface area contributed by atoms with E-state index in [-0.39, 0.29) is 11.7 Å². The smallest absolute Gasteiger partial charge is 0.249 e. The van der Waals surface area contributed by atoms with Crippen molar-refractivity contribution >= 4 is 23.2 Å². The van der Waals surface area contributed by atoms with E-state index in [1.165, 1.54) is 6.07 Å². The molecule has 0 N–H and O–H groups in total. The van der Waals surface area contributed by atoms with Crippen LogP contribution in [-0.2, 0) is 11.3 Å². The molecular formula is C23H25ClFN3O. The van der Waals surface area contributed by atoms with Crippen molar-refractivity contribution in [3.05, 3.63) is 76.6 Å². The molecule has 0 spiro atoms. The molecule has 4 nitrogen and oxygen atoms in total. The highest BCUT2D eigenvalue weighted by Crippen LogP contribution is 2.22. The van der Waals surface area contributed by atoms with Gasteiger partial charge in [0.25, 0.3) is 0 Å². The summed E-state index contributed by atoms with van der Waals surface area (Å²) in [6, 6.07) is 14.6. The molecule has 2 aromatic rings. The lowest BCUT2D eigenvalue weighted by atomic mass is 10.1. The van der Waals surface area contributed by atoms with Gasteiger partial charge in [-0.2, -0.15) is 0 Å². The van der Waals surface area contributed by atoms with Gasteiger partial charge < -0.3 is 9.80 Å². The fourth-order valence-corrected chi connectivity index (χ4v) is 4.17. The lowest BCUT2D eigenvalue weighted by Gasteiger charge is -2.37. The SMILES string of the molecule is O=C(C1=CCN(Cc2cccc(F)c2)CC1)N1CCN(c2cccc(Cl)c2)CC1. The van der Waals surface area contributed by atoms with E-state index in [4.69, 9.17) is 11.6 Å². The molecule has 0 bridgehead atoms. The van der Waals surface area contributed by atoms with Gasteiger partial charge >= 0.3 is 0 Å². The maximum Gasteiger partial charge on any atom is 0.249 e. The Hall–Kier alpha value is -2.37. The van der Waals surface area contributed by atoms with E-state index >= 15 is 0 Å². The summed E-state index contributed by atoms with van der Waals surface area (Å²) in [5, 5.41) is 0.733. The molecule has 1 saturated heterocycles. The molecule has 6 heteroatoms. The summed E-state index contributed by atoms with van der Waals surface area (Å²) in [6.45, 7) is 5.30. The van der Waals surface area contributed by atoms with E-state index in [2.05, 4.69) is 15.9 Å². The predicted molar refractivity (Wildman–Crippen MR) is 115 cm³/mol. The third kappa shape index (κ3) is 4.98. The third-order valence-corrected chi connectivity index (χ3v) is 5.84. The van der Waals surface area contributed by atoms with Gasteiger partial charge in [0.15, 0.2) is 0 Å². The molecule has 4 rings (SSSR count). The van der Waals surface area contributed by atoms with Gasteiger partial charge in [0.2, 0.25) is 5.91 Å². The van der Waals surface area contributed by atoms with Crippen molar-refractivity contribution in [1.29, 1.82) is 0 Å². The van der Waals surface area contributed by atoms with Gasteiger partial charge in [-0.15, -0.1) is 0 Å². The number of halogens is 2. The number of hydrogen-bond acceptors (Lipinski definition) is 3. The minimum atomic E-state index is -0.206. The minimum Gasteiger partial charge on any atom is -0.368 e. The molecule has 2 aromatic carbocycles. The van der Waals surface area contributed by atoms with Gasteiger partial charge in [-0.1, -0.05) is 35.9 Å². The first-order valence-electron chi connectivity index (χ1n) is 10.0. The van der Waals surface area contributed by atoms with Crippen molar-refractivity contribution in [2.24, 2.45) is 0 Å². The van der Waals surface area contributed by atoms with Crippen LogP contribution in [0.4, 0.5) is 10.1 Å². The summed E-state index contributed by atoms with van der Waals surface area (Å²) in [6.07, 6.45) is 2.77. The number of amides is 1. The molecule has 2 aliphatic rings. The van der Waals surface area contributed by atoms with Crippen molar-refractivity contribution in [1.82, 2.24) is 9.80 Å². The van der Waals surface area contributed by atoms with E-state index < -0.39 is 0 Å². The molecule has 29 heavy (non-hydrogen) atoms. The maximum atomic E-state index is 13.4. The number of carbonyl (C=O) groups excluding carboxylic acids is 1. The van der Waals surface area contributed by atoms with Gasteiger partial charge in [-0.05, 0) is 42.3 Å². The molecule has 2 aliphatic heterocycles. The van der Waals surface area contributed by atoms with Crippen LogP contribution in [0.15, 0.2) is 60.2 Å². The molecule has 152 valence electrons. The van der Waals surface area contributed by atoms with Crippen LogP contribution in [0.2, 0.25) is 5.02 Å². The summed E-state index contributed by atoms with van der Waals surface area (Å²) >= 11 is 6.09. The van der Waals surface area contributed by atoms with Crippen LogP contribution in [0, 0.1) is 5.82 Å². The first kappa shape index (κ1) is 19.9. The van der Waals surface area contributed by atoms with E-state index in [9.17, 15) is 9.18 Å². The first-order chi connectivity index (χ1) is 14.1. The number of benzene rings is 2. The molecule has 0 atom stereocenters. The molecule has 0 radical (unpaired) electrons. The number of piperazine rings is 1. The second kappa shape index (κ2) is 8.97. The van der Waals surface area contributed by atoms with Crippen molar-refractivity contribution in [2.75, 3.05) is 44.2 Å². The summed E-state index contributed by atoms with van der Waals surface area (Å²) < 4.78 is 13.4. The Morgan fingerprint density at radius 2 is 1.79 bits per heavy atom. The second-order valence-corrected chi connectivity index (χ2v) is 8.04. The Kier molecular flexibility index (Phi) is 6.16. The van der Waals surface area contributed by atoms with Crippen molar-refractivity contribution in [3.63, 3.8) is 0 Å². The van der Waals surface area contributed by atoms with E-state index in [1.807, 2.05) is 35.2 Å². The topological polar surface area (TPSA) is 26.8 Å².